The molecule has 2 heterocycles. The monoisotopic (exact) mass is 433 g/mol. The zero-order valence-electron chi connectivity index (χ0n) is 16.8. The Labute approximate surface area is 181 Å². The van der Waals surface area contributed by atoms with Crippen LogP contribution >= 0.6 is 0 Å². The Morgan fingerprint density at radius 3 is 2.75 bits per heavy atom. The highest BCUT2D eigenvalue weighted by molar-refractivity contribution is 5.97. The van der Waals surface area contributed by atoms with Crippen LogP contribution in [-0.2, 0) is 11.2 Å². The molecule has 1 amide bonds. The van der Waals surface area contributed by atoms with E-state index in [-0.39, 0.29) is 29.4 Å². The van der Waals surface area contributed by atoms with Crippen LogP contribution in [0.25, 0.3) is 22.5 Å². The molecule has 0 aliphatic rings. The van der Waals surface area contributed by atoms with Gasteiger partial charge in [-0.25, -0.2) is 14.4 Å². The Bertz CT molecular complexity index is 1310. The number of para-hydroxylation sites is 1. The van der Waals surface area contributed by atoms with Crippen molar-refractivity contribution in [3.05, 3.63) is 88.1 Å². The van der Waals surface area contributed by atoms with Gasteiger partial charge in [0.1, 0.15) is 17.8 Å². The Morgan fingerprint density at radius 1 is 1.22 bits per heavy atom. The second kappa shape index (κ2) is 8.72. The lowest BCUT2D eigenvalue weighted by Gasteiger charge is -2.07. The summed E-state index contributed by atoms with van der Waals surface area (Å²) in [7, 11) is 0. The summed E-state index contributed by atoms with van der Waals surface area (Å²) in [5.41, 5.74) is 2.26. The minimum Gasteiger partial charge on any atom is -0.337 e. The Balaban J connectivity index is 1.70. The fraction of sp³-hybridized carbons (Fsp3) is 0.0909. The summed E-state index contributed by atoms with van der Waals surface area (Å²) in [6.45, 7) is 1.62. The van der Waals surface area contributed by atoms with Gasteiger partial charge in [0.05, 0.1) is 22.6 Å². The van der Waals surface area contributed by atoms with Crippen molar-refractivity contribution >= 4 is 17.5 Å². The van der Waals surface area contributed by atoms with Crippen LogP contribution in [-0.4, -0.2) is 26.0 Å². The third-order valence-electron chi connectivity index (χ3n) is 4.75. The van der Waals surface area contributed by atoms with E-state index in [2.05, 4.69) is 20.4 Å². The maximum atomic E-state index is 13.7. The van der Waals surface area contributed by atoms with Crippen molar-refractivity contribution in [2.24, 2.45) is 0 Å². The fourth-order valence-electron chi connectivity index (χ4n) is 3.22. The van der Waals surface area contributed by atoms with Crippen molar-refractivity contribution in [2.45, 2.75) is 13.3 Å². The van der Waals surface area contributed by atoms with Crippen molar-refractivity contribution in [1.29, 1.82) is 0 Å². The van der Waals surface area contributed by atoms with Crippen LogP contribution in [0.4, 0.5) is 16.0 Å². The standard InChI is InChI=1S/C22H16FN5O4/c1-13-10-15(6-7-16(13)23)21-20(17-8-9-24-12-25-17)22(32-27-21)26-19(29)11-14-4-2-3-5-18(14)28(30)31/h2-10,12H,11H2,1H3,(H,26,29). The average molecular weight is 433 g/mol. The van der Waals surface area contributed by atoms with E-state index in [1.807, 2.05) is 0 Å². The SMILES string of the molecule is Cc1cc(-c2noc(NC(=O)Cc3ccccc3[N+](=O)[O-])c2-c2ccncn2)ccc1F. The first-order valence-corrected chi connectivity index (χ1v) is 9.48. The normalized spacial score (nSPS) is 10.7. The van der Waals surface area contributed by atoms with Gasteiger partial charge in [-0.15, -0.1) is 0 Å². The van der Waals surface area contributed by atoms with Gasteiger partial charge in [-0.1, -0.05) is 23.4 Å². The Morgan fingerprint density at radius 2 is 2.03 bits per heavy atom. The molecule has 2 aromatic carbocycles. The highest BCUT2D eigenvalue weighted by Gasteiger charge is 2.24. The summed E-state index contributed by atoms with van der Waals surface area (Å²) in [6.07, 6.45) is 2.61. The predicted molar refractivity (Wildman–Crippen MR) is 113 cm³/mol. The molecule has 32 heavy (non-hydrogen) atoms. The van der Waals surface area contributed by atoms with Crippen molar-refractivity contribution in [2.75, 3.05) is 5.32 Å². The van der Waals surface area contributed by atoms with Crippen LogP contribution in [0.3, 0.4) is 0 Å². The van der Waals surface area contributed by atoms with E-state index in [0.717, 1.165) is 0 Å². The van der Waals surface area contributed by atoms with Gasteiger partial charge in [0, 0.05) is 23.4 Å². The molecule has 2 aromatic heterocycles. The third kappa shape index (κ3) is 4.19. The molecule has 0 aliphatic heterocycles. The predicted octanol–water partition coefficient (Wildman–Crippen LogP) is 4.34. The highest BCUT2D eigenvalue weighted by atomic mass is 19.1. The number of amides is 1. The van der Waals surface area contributed by atoms with E-state index < -0.39 is 10.8 Å². The fourth-order valence-corrected chi connectivity index (χ4v) is 3.22. The average Bonchev–Trinajstić information content (AvgIpc) is 3.19. The van der Waals surface area contributed by atoms with Crippen molar-refractivity contribution in [3.8, 4) is 22.5 Å². The largest absolute Gasteiger partial charge is 0.337 e. The highest BCUT2D eigenvalue weighted by Crippen LogP contribution is 2.37. The number of anilines is 1. The lowest BCUT2D eigenvalue weighted by molar-refractivity contribution is -0.385. The number of aryl methyl sites for hydroxylation is 1. The first kappa shape index (κ1) is 20.8. The number of aromatic nitrogens is 3. The molecule has 4 rings (SSSR count). The van der Waals surface area contributed by atoms with Gasteiger partial charge in [0.2, 0.25) is 11.8 Å². The quantitative estimate of drug-likeness (QED) is 0.354. The number of nitro benzene ring substituents is 1. The van der Waals surface area contributed by atoms with E-state index in [1.54, 1.807) is 31.2 Å². The molecule has 0 spiro atoms. The van der Waals surface area contributed by atoms with Gasteiger partial charge in [-0.05, 0) is 36.8 Å². The van der Waals surface area contributed by atoms with Crippen LogP contribution in [0.1, 0.15) is 11.1 Å². The minimum atomic E-state index is -0.543. The summed E-state index contributed by atoms with van der Waals surface area (Å²) in [5.74, 6) is -0.879. The molecule has 0 saturated carbocycles. The van der Waals surface area contributed by atoms with Gasteiger partial charge < -0.3 is 4.52 Å². The summed E-state index contributed by atoms with van der Waals surface area (Å²) in [6, 6.07) is 12.1. The number of hydrogen-bond acceptors (Lipinski definition) is 7. The van der Waals surface area contributed by atoms with Gasteiger partial charge >= 0.3 is 0 Å². The van der Waals surface area contributed by atoms with Crippen molar-refractivity contribution < 1.29 is 18.6 Å². The molecule has 9 nitrogen and oxygen atoms in total. The molecule has 4 aromatic rings. The van der Waals surface area contributed by atoms with Crippen LogP contribution in [0.2, 0.25) is 0 Å². The number of carbonyl (C=O) groups excluding carboxylic acids is 1. The molecule has 0 atom stereocenters. The number of nitro groups is 1. The van der Waals surface area contributed by atoms with Gasteiger partial charge in [-0.2, -0.15) is 0 Å². The molecule has 1 N–H and O–H groups in total. The zero-order chi connectivity index (χ0) is 22.7. The number of benzene rings is 2. The lowest BCUT2D eigenvalue weighted by Crippen LogP contribution is -2.15. The van der Waals surface area contributed by atoms with E-state index in [9.17, 15) is 19.3 Å². The zero-order valence-corrected chi connectivity index (χ0v) is 16.8. The summed E-state index contributed by atoms with van der Waals surface area (Å²) in [4.78, 5) is 31.5. The molecule has 0 aliphatic carbocycles. The maximum absolute atomic E-state index is 13.7. The maximum Gasteiger partial charge on any atom is 0.273 e. The first-order chi connectivity index (χ1) is 15.4. The minimum absolute atomic E-state index is 0.0178. The molecule has 10 heteroatoms. The molecule has 160 valence electrons. The molecular weight excluding hydrogens is 417 g/mol. The van der Waals surface area contributed by atoms with E-state index in [1.165, 1.54) is 36.8 Å². The number of rotatable bonds is 6. The smallest absolute Gasteiger partial charge is 0.273 e. The van der Waals surface area contributed by atoms with Crippen LogP contribution < -0.4 is 5.32 Å². The number of nitrogens with zero attached hydrogens (tertiary/aromatic N) is 4. The second-order valence-corrected chi connectivity index (χ2v) is 6.90. The first-order valence-electron chi connectivity index (χ1n) is 9.48. The summed E-state index contributed by atoms with van der Waals surface area (Å²) < 4.78 is 19.1. The van der Waals surface area contributed by atoms with E-state index in [4.69, 9.17) is 4.52 Å². The third-order valence-corrected chi connectivity index (χ3v) is 4.75. The molecule has 0 fully saturated rings. The number of halogens is 1. The molecule has 0 saturated heterocycles. The van der Waals surface area contributed by atoms with Gasteiger partial charge in [0.25, 0.3) is 5.69 Å². The topological polar surface area (TPSA) is 124 Å². The van der Waals surface area contributed by atoms with Gasteiger partial charge in [0.15, 0.2) is 0 Å². The lowest BCUT2D eigenvalue weighted by atomic mass is 10.0. The molecule has 0 bridgehead atoms. The number of hydrogen-bond donors (Lipinski definition) is 1. The number of carbonyl (C=O) groups is 1. The van der Waals surface area contributed by atoms with Gasteiger partial charge in [-0.3, -0.25) is 20.2 Å². The van der Waals surface area contributed by atoms with E-state index in [0.29, 0.717) is 28.1 Å². The van der Waals surface area contributed by atoms with Crippen LogP contribution in [0.15, 0.2) is 65.6 Å². The summed E-state index contributed by atoms with van der Waals surface area (Å²) in [5, 5.41) is 17.9. The van der Waals surface area contributed by atoms with Crippen molar-refractivity contribution in [3.63, 3.8) is 0 Å². The number of nitrogens with one attached hydrogen (secondary N) is 1. The molecular formula is C22H16FN5O4. The second-order valence-electron chi connectivity index (χ2n) is 6.90. The van der Waals surface area contributed by atoms with Crippen LogP contribution in [0.5, 0.6) is 0 Å². The summed E-state index contributed by atoms with van der Waals surface area (Å²) >= 11 is 0. The molecule has 0 radical (unpaired) electrons. The Kier molecular flexibility index (Phi) is 5.67. The molecule has 0 unspecified atom stereocenters. The Hall–Kier alpha value is -4.47. The van der Waals surface area contributed by atoms with E-state index >= 15 is 0 Å². The van der Waals surface area contributed by atoms with Crippen LogP contribution in [0, 0.1) is 22.9 Å². The van der Waals surface area contributed by atoms with Crippen molar-refractivity contribution in [1.82, 2.24) is 15.1 Å².